The molecule has 27 heavy (non-hydrogen) atoms. The standard InChI is InChI=1S/C22H23N3O.ClH/c1-3-11-23-15-9-10-18-20(13-15)26-21-14-19(24-12-4-2)16-7-5-6-8-17(16)22(21)25-18;/h5-10,13-14,23H,3-4,11-12H2,1-2H3;1H. The fraction of sp³-hybridized carbons (Fsp3) is 0.273. The Kier molecular flexibility index (Phi) is 5.97. The Morgan fingerprint density at radius 3 is 2.59 bits per heavy atom. The molecule has 1 N–H and O–H groups in total. The summed E-state index contributed by atoms with van der Waals surface area (Å²) in [7, 11) is 0. The van der Waals surface area contributed by atoms with Gasteiger partial charge in [-0.25, -0.2) is 4.98 Å². The van der Waals surface area contributed by atoms with Gasteiger partial charge in [-0.1, -0.05) is 38.1 Å². The van der Waals surface area contributed by atoms with Gasteiger partial charge in [0.2, 0.25) is 0 Å². The number of rotatable bonds is 5. The lowest BCUT2D eigenvalue weighted by Crippen LogP contribution is -2.07. The summed E-state index contributed by atoms with van der Waals surface area (Å²) in [5, 5.41) is 6.57. The van der Waals surface area contributed by atoms with Crippen LogP contribution in [0.1, 0.15) is 26.7 Å². The quantitative estimate of drug-likeness (QED) is 0.359. The third kappa shape index (κ3) is 3.76. The molecule has 0 atom stereocenters. The lowest BCUT2D eigenvalue weighted by Gasteiger charge is -2.11. The minimum atomic E-state index is 0. The molecule has 0 aromatic heterocycles. The number of halogens is 1. The second kappa shape index (κ2) is 8.40. The van der Waals surface area contributed by atoms with Crippen molar-refractivity contribution in [1.82, 2.24) is 4.98 Å². The lowest BCUT2D eigenvalue weighted by molar-refractivity contribution is 0.613. The fourth-order valence-corrected chi connectivity index (χ4v) is 3.18. The maximum absolute atomic E-state index is 6.23. The predicted molar refractivity (Wildman–Crippen MR) is 115 cm³/mol. The van der Waals surface area contributed by atoms with Crippen molar-refractivity contribution in [2.24, 2.45) is 4.99 Å². The number of nitrogens with one attached hydrogen (secondary N) is 1. The van der Waals surface area contributed by atoms with Gasteiger partial charge in [0.25, 0.3) is 0 Å². The number of aromatic nitrogens is 1. The van der Waals surface area contributed by atoms with Gasteiger partial charge < -0.3 is 9.73 Å². The average Bonchev–Trinajstić information content (AvgIpc) is 2.69. The number of hydrogen-bond acceptors (Lipinski definition) is 4. The maximum Gasteiger partial charge on any atom is 0.155 e. The topological polar surface area (TPSA) is 50.4 Å². The second-order valence-electron chi connectivity index (χ2n) is 6.49. The van der Waals surface area contributed by atoms with Crippen LogP contribution in [0.3, 0.4) is 0 Å². The molecule has 0 amide bonds. The Bertz CT molecular complexity index is 1100. The fourth-order valence-electron chi connectivity index (χ4n) is 3.18. The molecular weight excluding hydrogens is 358 g/mol. The molecule has 0 unspecified atom stereocenters. The van der Waals surface area contributed by atoms with E-state index in [-0.39, 0.29) is 12.4 Å². The Labute approximate surface area is 165 Å². The Morgan fingerprint density at radius 2 is 1.81 bits per heavy atom. The number of hydrogen-bond donors (Lipinski definition) is 1. The van der Waals surface area contributed by atoms with Crippen LogP contribution in [0, 0.1) is 0 Å². The van der Waals surface area contributed by atoms with E-state index in [2.05, 4.69) is 37.4 Å². The van der Waals surface area contributed by atoms with Crippen molar-refractivity contribution in [3.05, 3.63) is 53.9 Å². The molecule has 4 rings (SSSR count). The van der Waals surface area contributed by atoms with E-state index in [1.807, 2.05) is 30.3 Å². The highest BCUT2D eigenvalue weighted by Crippen LogP contribution is 2.31. The maximum atomic E-state index is 6.23. The van der Waals surface area contributed by atoms with Crippen molar-refractivity contribution in [2.75, 3.05) is 18.4 Å². The molecule has 1 heterocycles. The second-order valence-corrected chi connectivity index (χ2v) is 6.49. The molecule has 0 radical (unpaired) electrons. The van der Waals surface area contributed by atoms with Gasteiger partial charge in [0.05, 0.1) is 5.36 Å². The SMILES string of the molecule is CCCN=c1cc2oc3cc(NCCC)ccc3nc-2c2ccccc12.Cl. The first kappa shape index (κ1) is 19.2. The number of anilines is 1. The van der Waals surface area contributed by atoms with Crippen LogP contribution in [0.15, 0.2) is 57.9 Å². The van der Waals surface area contributed by atoms with Crippen LogP contribution in [0.5, 0.6) is 0 Å². The van der Waals surface area contributed by atoms with Gasteiger partial charge in [-0.15, -0.1) is 12.4 Å². The van der Waals surface area contributed by atoms with Crippen molar-refractivity contribution in [2.45, 2.75) is 26.7 Å². The molecule has 2 aromatic carbocycles. The van der Waals surface area contributed by atoms with Gasteiger partial charge in [-0.2, -0.15) is 0 Å². The van der Waals surface area contributed by atoms with E-state index in [4.69, 9.17) is 14.4 Å². The minimum absolute atomic E-state index is 0. The summed E-state index contributed by atoms with van der Waals surface area (Å²) in [6.45, 7) is 6.04. The van der Waals surface area contributed by atoms with Crippen molar-refractivity contribution in [3.63, 3.8) is 0 Å². The van der Waals surface area contributed by atoms with Crippen molar-refractivity contribution >= 4 is 40.0 Å². The summed E-state index contributed by atoms with van der Waals surface area (Å²) in [5.74, 6) is 0.777. The number of fused-ring (bicyclic) bond motifs is 4. The summed E-state index contributed by atoms with van der Waals surface area (Å²) in [6, 6.07) is 16.4. The molecule has 0 spiro atoms. The summed E-state index contributed by atoms with van der Waals surface area (Å²) >= 11 is 0. The Balaban J connectivity index is 0.00000210. The monoisotopic (exact) mass is 381 g/mol. The molecule has 0 saturated heterocycles. The summed E-state index contributed by atoms with van der Waals surface area (Å²) < 4.78 is 6.23. The molecule has 140 valence electrons. The molecule has 2 aromatic rings. The molecule has 4 nitrogen and oxygen atoms in total. The molecule has 0 bridgehead atoms. The highest BCUT2D eigenvalue weighted by Gasteiger charge is 2.14. The number of nitrogens with zero attached hydrogens (tertiary/aromatic N) is 2. The van der Waals surface area contributed by atoms with Crippen molar-refractivity contribution in [3.8, 4) is 11.5 Å². The minimum Gasteiger partial charge on any atom is -0.453 e. The zero-order valence-electron chi connectivity index (χ0n) is 15.7. The van der Waals surface area contributed by atoms with Crippen LogP contribution in [0.4, 0.5) is 5.69 Å². The van der Waals surface area contributed by atoms with Gasteiger partial charge in [0.15, 0.2) is 11.3 Å². The summed E-state index contributed by atoms with van der Waals surface area (Å²) in [4.78, 5) is 9.63. The van der Waals surface area contributed by atoms with Crippen LogP contribution >= 0.6 is 12.4 Å². The molecule has 5 heteroatoms. The van der Waals surface area contributed by atoms with E-state index < -0.39 is 0 Å². The third-order valence-electron chi connectivity index (χ3n) is 4.46. The smallest absolute Gasteiger partial charge is 0.155 e. The molecule has 1 aliphatic heterocycles. The van der Waals surface area contributed by atoms with E-state index in [1.165, 1.54) is 0 Å². The van der Waals surface area contributed by atoms with Crippen LogP contribution in [-0.4, -0.2) is 18.1 Å². The van der Waals surface area contributed by atoms with Crippen LogP contribution < -0.4 is 10.7 Å². The van der Waals surface area contributed by atoms with Crippen LogP contribution in [-0.2, 0) is 0 Å². The highest BCUT2D eigenvalue weighted by atomic mass is 35.5. The first-order valence-electron chi connectivity index (χ1n) is 9.31. The Hall–Kier alpha value is -2.59. The molecule has 0 saturated carbocycles. The van der Waals surface area contributed by atoms with E-state index in [0.29, 0.717) is 0 Å². The zero-order valence-corrected chi connectivity index (χ0v) is 16.5. The molecule has 1 aliphatic carbocycles. The van der Waals surface area contributed by atoms with Gasteiger partial charge >= 0.3 is 0 Å². The molecule has 0 fully saturated rings. The first-order chi connectivity index (χ1) is 12.8. The largest absolute Gasteiger partial charge is 0.453 e. The zero-order chi connectivity index (χ0) is 17.9. The van der Waals surface area contributed by atoms with E-state index in [1.54, 1.807) is 0 Å². The normalized spacial score (nSPS) is 11.9. The molecular formula is C22H24ClN3O. The Morgan fingerprint density at radius 1 is 1.00 bits per heavy atom. The predicted octanol–water partition coefficient (Wildman–Crippen LogP) is 5.64. The van der Waals surface area contributed by atoms with E-state index in [0.717, 1.165) is 70.3 Å². The summed E-state index contributed by atoms with van der Waals surface area (Å²) in [5.41, 5.74) is 3.59. The van der Waals surface area contributed by atoms with Crippen LogP contribution in [0.25, 0.3) is 33.3 Å². The number of benzene rings is 3. The van der Waals surface area contributed by atoms with Crippen molar-refractivity contribution < 1.29 is 4.42 Å². The van der Waals surface area contributed by atoms with Crippen molar-refractivity contribution in [1.29, 1.82) is 0 Å². The first-order valence-corrected chi connectivity index (χ1v) is 9.31. The highest BCUT2D eigenvalue weighted by molar-refractivity contribution is 5.96. The lowest BCUT2D eigenvalue weighted by atomic mass is 10.0. The third-order valence-corrected chi connectivity index (χ3v) is 4.46. The van der Waals surface area contributed by atoms with Crippen LogP contribution in [0.2, 0.25) is 0 Å². The van der Waals surface area contributed by atoms with E-state index in [9.17, 15) is 0 Å². The molecule has 2 aliphatic rings. The average molecular weight is 382 g/mol. The van der Waals surface area contributed by atoms with Gasteiger partial charge in [-0.05, 0) is 25.0 Å². The van der Waals surface area contributed by atoms with Gasteiger partial charge in [0.1, 0.15) is 11.2 Å². The van der Waals surface area contributed by atoms with Gasteiger partial charge in [-0.3, -0.25) is 4.99 Å². The summed E-state index contributed by atoms with van der Waals surface area (Å²) in [6.07, 6.45) is 2.10. The van der Waals surface area contributed by atoms with E-state index >= 15 is 0 Å². The van der Waals surface area contributed by atoms with Gasteiger partial charge in [0, 0.05) is 41.7 Å².